The van der Waals surface area contributed by atoms with Gasteiger partial charge in [0, 0.05) is 16.2 Å². The number of ether oxygens (including phenoxy) is 1. The zero-order valence-corrected chi connectivity index (χ0v) is 15.4. The van der Waals surface area contributed by atoms with Crippen molar-refractivity contribution in [2.45, 2.75) is 13.5 Å². The highest BCUT2D eigenvalue weighted by Gasteiger charge is 2.08. The van der Waals surface area contributed by atoms with E-state index in [9.17, 15) is 4.79 Å². The van der Waals surface area contributed by atoms with Crippen molar-refractivity contribution in [2.75, 3.05) is 11.9 Å². The molecule has 1 amide bonds. The first-order valence-electron chi connectivity index (χ1n) is 7.95. The molecule has 0 aliphatic heterocycles. The standard InChI is InChI=1S/C19H18BrN3O2/c1-2-25-18-9-5-15(6-10-18)19(24)22-17-11-21-23(13-17)12-14-3-7-16(20)8-4-14/h3-11,13H,2,12H2,1H3,(H,22,24). The number of amides is 1. The Morgan fingerprint density at radius 3 is 2.56 bits per heavy atom. The molecule has 5 nitrogen and oxygen atoms in total. The van der Waals surface area contributed by atoms with Crippen LogP contribution in [0.1, 0.15) is 22.8 Å². The molecular weight excluding hydrogens is 382 g/mol. The zero-order valence-electron chi connectivity index (χ0n) is 13.8. The van der Waals surface area contributed by atoms with Crippen LogP contribution in [0.3, 0.4) is 0 Å². The number of hydrogen-bond donors (Lipinski definition) is 1. The van der Waals surface area contributed by atoms with Crippen LogP contribution in [0.15, 0.2) is 65.4 Å². The van der Waals surface area contributed by atoms with Crippen LogP contribution in [0.25, 0.3) is 0 Å². The molecule has 128 valence electrons. The Morgan fingerprint density at radius 1 is 1.16 bits per heavy atom. The van der Waals surface area contributed by atoms with Crippen LogP contribution in [0, 0.1) is 0 Å². The third kappa shape index (κ3) is 4.70. The smallest absolute Gasteiger partial charge is 0.255 e. The summed E-state index contributed by atoms with van der Waals surface area (Å²) in [5, 5.41) is 7.14. The van der Waals surface area contributed by atoms with Gasteiger partial charge in [-0.2, -0.15) is 5.10 Å². The van der Waals surface area contributed by atoms with Crippen molar-refractivity contribution < 1.29 is 9.53 Å². The van der Waals surface area contributed by atoms with Crippen LogP contribution in [0.5, 0.6) is 5.75 Å². The van der Waals surface area contributed by atoms with Gasteiger partial charge in [0.25, 0.3) is 5.91 Å². The molecule has 0 saturated carbocycles. The number of rotatable bonds is 6. The number of carbonyl (C=O) groups excluding carboxylic acids is 1. The maximum atomic E-state index is 12.3. The predicted octanol–water partition coefficient (Wildman–Crippen LogP) is 4.34. The first kappa shape index (κ1) is 17.2. The summed E-state index contributed by atoms with van der Waals surface area (Å²) in [4.78, 5) is 12.3. The molecule has 0 bridgehead atoms. The highest BCUT2D eigenvalue weighted by atomic mass is 79.9. The van der Waals surface area contributed by atoms with Crippen LogP contribution in [0.2, 0.25) is 0 Å². The van der Waals surface area contributed by atoms with E-state index in [-0.39, 0.29) is 5.91 Å². The number of carbonyl (C=O) groups is 1. The van der Waals surface area contributed by atoms with Gasteiger partial charge in [0.05, 0.1) is 25.0 Å². The van der Waals surface area contributed by atoms with E-state index in [1.165, 1.54) is 0 Å². The summed E-state index contributed by atoms with van der Waals surface area (Å²) in [6.07, 6.45) is 3.46. The van der Waals surface area contributed by atoms with Crippen LogP contribution >= 0.6 is 15.9 Å². The fraction of sp³-hybridized carbons (Fsp3) is 0.158. The van der Waals surface area contributed by atoms with Crippen molar-refractivity contribution in [3.63, 3.8) is 0 Å². The average molecular weight is 400 g/mol. The van der Waals surface area contributed by atoms with Gasteiger partial charge in [-0.3, -0.25) is 9.48 Å². The van der Waals surface area contributed by atoms with Gasteiger partial charge < -0.3 is 10.1 Å². The summed E-state index contributed by atoms with van der Waals surface area (Å²) in [6.45, 7) is 3.17. The molecule has 1 heterocycles. The largest absolute Gasteiger partial charge is 0.494 e. The lowest BCUT2D eigenvalue weighted by Crippen LogP contribution is -2.11. The minimum absolute atomic E-state index is 0.175. The van der Waals surface area contributed by atoms with E-state index in [1.54, 1.807) is 35.1 Å². The molecule has 0 fully saturated rings. The maximum Gasteiger partial charge on any atom is 0.255 e. The molecule has 1 aromatic heterocycles. The van der Waals surface area contributed by atoms with E-state index < -0.39 is 0 Å². The molecule has 0 spiro atoms. The first-order chi connectivity index (χ1) is 12.1. The summed E-state index contributed by atoms with van der Waals surface area (Å²) in [5.41, 5.74) is 2.37. The third-order valence-electron chi connectivity index (χ3n) is 3.58. The van der Waals surface area contributed by atoms with Crippen molar-refractivity contribution in [3.8, 4) is 5.75 Å². The van der Waals surface area contributed by atoms with Crippen LogP contribution in [-0.4, -0.2) is 22.3 Å². The Bertz CT molecular complexity index is 842. The Hall–Kier alpha value is -2.60. The Morgan fingerprint density at radius 2 is 1.88 bits per heavy atom. The fourth-order valence-corrected chi connectivity index (χ4v) is 2.63. The van der Waals surface area contributed by atoms with Gasteiger partial charge in [0.15, 0.2) is 0 Å². The van der Waals surface area contributed by atoms with Crippen molar-refractivity contribution in [1.29, 1.82) is 0 Å². The van der Waals surface area contributed by atoms with E-state index in [1.807, 2.05) is 37.4 Å². The summed E-state index contributed by atoms with van der Waals surface area (Å²) in [5.74, 6) is 0.576. The molecule has 0 aliphatic carbocycles. The molecule has 0 atom stereocenters. The Labute approximate surface area is 154 Å². The van der Waals surface area contributed by atoms with Crippen molar-refractivity contribution in [1.82, 2.24) is 9.78 Å². The molecule has 25 heavy (non-hydrogen) atoms. The van der Waals surface area contributed by atoms with Crippen LogP contribution in [-0.2, 0) is 6.54 Å². The average Bonchev–Trinajstić information content (AvgIpc) is 3.05. The molecule has 3 rings (SSSR count). The normalized spacial score (nSPS) is 10.5. The predicted molar refractivity (Wildman–Crippen MR) is 101 cm³/mol. The SMILES string of the molecule is CCOc1ccc(C(=O)Nc2cnn(Cc3ccc(Br)cc3)c2)cc1. The number of aromatic nitrogens is 2. The van der Waals surface area contributed by atoms with E-state index >= 15 is 0 Å². The molecule has 0 saturated heterocycles. The summed E-state index contributed by atoms with van der Waals surface area (Å²) < 4.78 is 8.21. The maximum absolute atomic E-state index is 12.3. The van der Waals surface area contributed by atoms with E-state index in [0.29, 0.717) is 24.4 Å². The molecule has 1 N–H and O–H groups in total. The second kappa shape index (κ2) is 7.98. The van der Waals surface area contributed by atoms with Gasteiger partial charge in [-0.05, 0) is 48.9 Å². The zero-order chi connectivity index (χ0) is 17.6. The number of nitrogens with one attached hydrogen (secondary N) is 1. The van der Waals surface area contributed by atoms with Crippen molar-refractivity contribution in [2.24, 2.45) is 0 Å². The van der Waals surface area contributed by atoms with Gasteiger partial charge >= 0.3 is 0 Å². The quantitative estimate of drug-likeness (QED) is 0.670. The molecule has 3 aromatic rings. The first-order valence-corrected chi connectivity index (χ1v) is 8.74. The molecule has 0 unspecified atom stereocenters. The van der Waals surface area contributed by atoms with Gasteiger partial charge in [-0.25, -0.2) is 0 Å². The van der Waals surface area contributed by atoms with Gasteiger partial charge in [-0.15, -0.1) is 0 Å². The second-order valence-electron chi connectivity index (χ2n) is 5.46. The lowest BCUT2D eigenvalue weighted by atomic mass is 10.2. The van der Waals surface area contributed by atoms with Gasteiger partial charge in [0.2, 0.25) is 0 Å². The van der Waals surface area contributed by atoms with E-state index in [4.69, 9.17) is 4.74 Å². The number of halogens is 1. The van der Waals surface area contributed by atoms with E-state index in [0.717, 1.165) is 15.8 Å². The number of benzene rings is 2. The summed E-state index contributed by atoms with van der Waals surface area (Å²) in [7, 11) is 0. The molecular formula is C19H18BrN3O2. The lowest BCUT2D eigenvalue weighted by Gasteiger charge is -2.05. The van der Waals surface area contributed by atoms with Gasteiger partial charge in [-0.1, -0.05) is 28.1 Å². The molecule has 0 aliphatic rings. The van der Waals surface area contributed by atoms with E-state index in [2.05, 4.69) is 26.3 Å². The highest BCUT2D eigenvalue weighted by molar-refractivity contribution is 9.10. The summed E-state index contributed by atoms with van der Waals surface area (Å²) in [6, 6.07) is 15.1. The fourth-order valence-electron chi connectivity index (χ4n) is 2.36. The van der Waals surface area contributed by atoms with Crippen molar-refractivity contribution >= 4 is 27.5 Å². The van der Waals surface area contributed by atoms with Crippen LogP contribution in [0.4, 0.5) is 5.69 Å². The third-order valence-corrected chi connectivity index (χ3v) is 4.11. The Balaban J connectivity index is 1.62. The topological polar surface area (TPSA) is 56.1 Å². The monoisotopic (exact) mass is 399 g/mol. The van der Waals surface area contributed by atoms with Crippen molar-refractivity contribution in [3.05, 3.63) is 76.5 Å². The Kier molecular flexibility index (Phi) is 5.50. The minimum atomic E-state index is -0.175. The minimum Gasteiger partial charge on any atom is -0.494 e. The number of hydrogen-bond acceptors (Lipinski definition) is 3. The summed E-state index contributed by atoms with van der Waals surface area (Å²) >= 11 is 3.42. The van der Waals surface area contributed by atoms with Crippen LogP contribution < -0.4 is 10.1 Å². The second-order valence-corrected chi connectivity index (χ2v) is 6.38. The molecule has 6 heteroatoms. The molecule has 2 aromatic carbocycles. The van der Waals surface area contributed by atoms with Gasteiger partial charge in [0.1, 0.15) is 5.75 Å². The number of nitrogens with zero attached hydrogens (tertiary/aromatic N) is 2. The lowest BCUT2D eigenvalue weighted by molar-refractivity contribution is 0.102. The number of anilines is 1. The molecule has 0 radical (unpaired) electrons. The highest BCUT2D eigenvalue weighted by Crippen LogP contribution is 2.15.